The molecule has 0 unspecified atom stereocenters. The van der Waals surface area contributed by atoms with Crippen LogP contribution in [0.25, 0.3) is 0 Å². The Morgan fingerprint density at radius 2 is 2.15 bits per heavy atom. The molecule has 9 heteroatoms. The second-order valence-corrected chi connectivity index (χ2v) is 5.87. The minimum absolute atomic E-state index is 0.215. The van der Waals surface area contributed by atoms with Gasteiger partial charge in [-0.05, 0) is 35.0 Å². The van der Waals surface area contributed by atoms with Crippen LogP contribution in [0.3, 0.4) is 0 Å². The number of aliphatic hydroxyl groups is 1. The van der Waals surface area contributed by atoms with E-state index in [0.29, 0.717) is 21.8 Å². The van der Waals surface area contributed by atoms with Gasteiger partial charge in [-0.1, -0.05) is 24.4 Å². The highest BCUT2D eigenvalue weighted by molar-refractivity contribution is 7.99. The molecule has 1 fully saturated rings. The van der Waals surface area contributed by atoms with E-state index in [2.05, 4.69) is 25.5 Å². The fraction of sp³-hybridized carbons (Fsp3) is 0.545. The van der Waals surface area contributed by atoms with Crippen molar-refractivity contribution in [2.75, 3.05) is 0 Å². The van der Waals surface area contributed by atoms with Crippen molar-refractivity contribution in [3.05, 3.63) is 17.0 Å². The van der Waals surface area contributed by atoms with Gasteiger partial charge in [-0.3, -0.25) is 0 Å². The van der Waals surface area contributed by atoms with Crippen molar-refractivity contribution in [3.63, 3.8) is 0 Å². The third kappa shape index (κ3) is 2.63. The molecule has 106 valence electrons. The van der Waals surface area contributed by atoms with Gasteiger partial charge in [0.25, 0.3) is 0 Å². The molecule has 20 heavy (non-hydrogen) atoms. The normalized spacial score (nSPS) is 15.9. The zero-order chi connectivity index (χ0) is 13.9. The summed E-state index contributed by atoms with van der Waals surface area (Å²) in [6.07, 6.45) is 5.96. The summed E-state index contributed by atoms with van der Waals surface area (Å²) in [4.78, 5) is 8.01. The third-order valence-electron chi connectivity index (χ3n) is 3.33. The van der Waals surface area contributed by atoms with Gasteiger partial charge in [-0.25, -0.2) is 14.6 Å². The molecule has 2 aromatic rings. The maximum absolute atomic E-state index is 9.37. The molecule has 0 radical (unpaired) electrons. The number of hydrogen-bond acceptors (Lipinski definition) is 7. The average molecular weight is 313 g/mol. The lowest BCUT2D eigenvalue weighted by Gasteiger charge is -2.11. The van der Waals surface area contributed by atoms with Gasteiger partial charge in [0, 0.05) is 5.56 Å². The van der Waals surface area contributed by atoms with Gasteiger partial charge >= 0.3 is 0 Å². The SMILES string of the molecule is OCc1c(Cl)ncnc1Sc1nnnn1C1CCCC1. The van der Waals surface area contributed by atoms with Gasteiger partial charge in [0.15, 0.2) is 0 Å². The molecular formula is C11H13ClN6OS. The van der Waals surface area contributed by atoms with Gasteiger partial charge in [0.1, 0.15) is 16.5 Å². The first-order valence-electron chi connectivity index (χ1n) is 6.35. The van der Waals surface area contributed by atoms with Crippen LogP contribution < -0.4 is 0 Å². The Labute approximate surface area is 124 Å². The Hall–Kier alpha value is -1.25. The van der Waals surface area contributed by atoms with Crippen LogP contribution in [0.4, 0.5) is 0 Å². The van der Waals surface area contributed by atoms with E-state index in [1.165, 1.54) is 30.9 Å². The summed E-state index contributed by atoms with van der Waals surface area (Å²) in [5, 5.41) is 22.7. The molecule has 7 nitrogen and oxygen atoms in total. The highest BCUT2D eigenvalue weighted by atomic mass is 35.5. The first-order chi connectivity index (χ1) is 9.79. The molecule has 0 aliphatic heterocycles. The van der Waals surface area contributed by atoms with Crippen LogP contribution in [0.5, 0.6) is 0 Å². The Morgan fingerprint density at radius 3 is 2.90 bits per heavy atom. The van der Waals surface area contributed by atoms with E-state index < -0.39 is 0 Å². The molecule has 0 spiro atoms. The van der Waals surface area contributed by atoms with Crippen LogP contribution in [-0.4, -0.2) is 35.3 Å². The van der Waals surface area contributed by atoms with Gasteiger partial charge in [-0.15, -0.1) is 5.10 Å². The van der Waals surface area contributed by atoms with E-state index in [0.717, 1.165) is 12.8 Å². The number of aliphatic hydroxyl groups excluding tert-OH is 1. The first kappa shape index (κ1) is 13.7. The fourth-order valence-corrected chi connectivity index (χ4v) is 3.48. The standard InChI is InChI=1S/C11H13ClN6OS/c12-9-8(5-19)10(14-6-13-9)20-11-15-16-17-18(11)7-3-1-2-4-7/h6-7,19H,1-5H2. The van der Waals surface area contributed by atoms with Crippen molar-refractivity contribution in [1.29, 1.82) is 0 Å². The van der Waals surface area contributed by atoms with E-state index in [4.69, 9.17) is 11.6 Å². The van der Waals surface area contributed by atoms with Crippen LogP contribution in [-0.2, 0) is 6.61 Å². The zero-order valence-corrected chi connectivity index (χ0v) is 12.2. The molecule has 2 aromatic heterocycles. The van der Waals surface area contributed by atoms with E-state index in [1.807, 2.05) is 4.68 Å². The molecule has 1 saturated carbocycles. The quantitative estimate of drug-likeness (QED) is 0.862. The lowest BCUT2D eigenvalue weighted by atomic mass is 10.3. The summed E-state index contributed by atoms with van der Waals surface area (Å²) in [5.41, 5.74) is 0.500. The maximum atomic E-state index is 9.37. The van der Waals surface area contributed by atoms with E-state index >= 15 is 0 Å². The van der Waals surface area contributed by atoms with E-state index in [-0.39, 0.29) is 11.8 Å². The topological polar surface area (TPSA) is 89.6 Å². The second kappa shape index (κ2) is 6.02. The molecule has 0 aromatic carbocycles. The number of rotatable bonds is 4. The van der Waals surface area contributed by atoms with Crippen LogP contribution >= 0.6 is 23.4 Å². The predicted molar refractivity (Wildman–Crippen MR) is 72.4 cm³/mol. The largest absolute Gasteiger partial charge is 0.391 e. The van der Waals surface area contributed by atoms with Gasteiger partial charge in [0.05, 0.1) is 12.6 Å². The predicted octanol–water partition coefficient (Wildman–Crippen LogP) is 1.88. The molecule has 1 N–H and O–H groups in total. The average Bonchev–Trinajstić information content (AvgIpc) is 3.09. The smallest absolute Gasteiger partial charge is 0.215 e. The number of hydrogen-bond donors (Lipinski definition) is 1. The minimum Gasteiger partial charge on any atom is -0.391 e. The molecule has 3 rings (SSSR count). The van der Waals surface area contributed by atoms with E-state index in [9.17, 15) is 5.11 Å². The number of aromatic nitrogens is 6. The highest BCUT2D eigenvalue weighted by Crippen LogP contribution is 2.34. The highest BCUT2D eigenvalue weighted by Gasteiger charge is 2.23. The molecule has 1 aliphatic carbocycles. The molecule has 0 atom stereocenters. The lowest BCUT2D eigenvalue weighted by molar-refractivity contribution is 0.277. The van der Waals surface area contributed by atoms with Crippen LogP contribution in [0.15, 0.2) is 16.5 Å². The summed E-state index contributed by atoms with van der Waals surface area (Å²) >= 11 is 7.26. The van der Waals surface area contributed by atoms with E-state index in [1.54, 1.807) is 0 Å². The summed E-state index contributed by atoms with van der Waals surface area (Å²) in [7, 11) is 0. The third-order valence-corrected chi connectivity index (χ3v) is 4.65. The molecule has 0 amide bonds. The van der Waals surface area contributed by atoms with Gasteiger partial charge < -0.3 is 5.11 Å². The second-order valence-electron chi connectivity index (χ2n) is 4.55. The summed E-state index contributed by atoms with van der Waals surface area (Å²) in [6.45, 7) is -0.215. The Morgan fingerprint density at radius 1 is 1.35 bits per heavy atom. The van der Waals surface area contributed by atoms with Crippen molar-refractivity contribution in [2.24, 2.45) is 0 Å². The molecule has 0 saturated heterocycles. The summed E-state index contributed by atoms with van der Waals surface area (Å²) in [5.74, 6) is 0. The monoisotopic (exact) mass is 312 g/mol. The molecule has 0 bridgehead atoms. The van der Waals surface area contributed by atoms with Gasteiger partial charge in [0.2, 0.25) is 5.16 Å². The van der Waals surface area contributed by atoms with Crippen LogP contribution in [0.1, 0.15) is 37.3 Å². The minimum atomic E-state index is -0.215. The Balaban J connectivity index is 1.88. The lowest BCUT2D eigenvalue weighted by Crippen LogP contribution is -2.08. The fourth-order valence-electron chi connectivity index (χ4n) is 2.31. The Bertz CT molecular complexity index is 600. The molecular weight excluding hydrogens is 300 g/mol. The zero-order valence-electron chi connectivity index (χ0n) is 10.6. The van der Waals surface area contributed by atoms with Gasteiger partial charge in [-0.2, -0.15) is 0 Å². The van der Waals surface area contributed by atoms with Crippen LogP contribution in [0, 0.1) is 0 Å². The van der Waals surface area contributed by atoms with Crippen molar-refractivity contribution < 1.29 is 5.11 Å². The van der Waals surface area contributed by atoms with Crippen molar-refractivity contribution in [1.82, 2.24) is 30.2 Å². The first-order valence-corrected chi connectivity index (χ1v) is 7.55. The summed E-state index contributed by atoms with van der Waals surface area (Å²) in [6, 6.07) is 0.349. The summed E-state index contributed by atoms with van der Waals surface area (Å²) < 4.78 is 1.84. The van der Waals surface area contributed by atoms with Crippen LogP contribution in [0.2, 0.25) is 5.15 Å². The number of nitrogens with zero attached hydrogens (tertiary/aromatic N) is 6. The molecule has 1 aliphatic rings. The Kier molecular flexibility index (Phi) is 4.13. The molecule has 2 heterocycles. The van der Waals surface area contributed by atoms with Crippen molar-refractivity contribution in [2.45, 2.75) is 48.5 Å². The number of tetrazole rings is 1. The number of halogens is 1. The van der Waals surface area contributed by atoms with Crippen molar-refractivity contribution >= 4 is 23.4 Å². The van der Waals surface area contributed by atoms with Crippen molar-refractivity contribution in [3.8, 4) is 0 Å². The maximum Gasteiger partial charge on any atom is 0.215 e.